The molecule has 2 rings (SSSR count). The Labute approximate surface area is 145 Å². The Balaban J connectivity index is 1.87. The summed E-state index contributed by atoms with van der Waals surface area (Å²) in [5, 5.41) is 11.6. The number of hydrogen-bond acceptors (Lipinski definition) is 4. The van der Waals surface area contributed by atoms with E-state index in [1.165, 1.54) is 12.8 Å². The van der Waals surface area contributed by atoms with Crippen molar-refractivity contribution in [3.8, 4) is 0 Å². The highest BCUT2D eigenvalue weighted by Crippen LogP contribution is 2.12. The number of rotatable bonds is 9. The Hall–Kier alpha value is -1.63. The van der Waals surface area contributed by atoms with Crippen LogP contribution in [0.1, 0.15) is 45.4 Å². The quantitative estimate of drug-likeness (QED) is 0.549. The SMILES string of the molecule is CCCCN(C)C(=NCC1CCCO1)NCCn1cnnc1CC. The predicted octanol–water partition coefficient (Wildman–Crippen LogP) is 1.70. The highest BCUT2D eigenvalue weighted by molar-refractivity contribution is 5.79. The van der Waals surface area contributed by atoms with Crippen molar-refractivity contribution in [3.63, 3.8) is 0 Å². The molecular formula is C17H32N6O. The molecule has 0 spiro atoms. The molecule has 1 aromatic rings. The van der Waals surface area contributed by atoms with Crippen LogP contribution in [0, 0.1) is 0 Å². The van der Waals surface area contributed by atoms with Crippen molar-refractivity contribution in [1.82, 2.24) is 25.0 Å². The van der Waals surface area contributed by atoms with E-state index in [0.717, 1.165) is 63.8 Å². The van der Waals surface area contributed by atoms with E-state index in [-0.39, 0.29) is 6.10 Å². The normalized spacial score (nSPS) is 18.1. The van der Waals surface area contributed by atoms with E-state index >= 15 is 0 Å². The Bertz CT molecular complexity index is 495. The molecule has 0 aromatic carbocycles. The van der Waals surface area contributed by atoms with E-state index in [9.17, 15) is 0 Å². The smallest absolute Gasteiger partial charge is 0.193 e. The van der Waals surface area contributed by atoms with Gasteiger partial charge in [-0.25, -0.2) is 0 Å². The summed E-state index contributed by atoms with van der Waals surface area (Å²) in [7, 11) is 2.10. The molecule has 136 valence electrons. The van der Waals surface area contributed by atoms with Gasteiger partial charge in [0.05, 0.1) is 12.6 Å². The average molecular weight is 336 g/mol. The highest BCUT2D eigenvalue weighted by atomic mass is 16.5. The Kier molecular flexibility index (Phi) is 8.01. The van der Waals surface area contributed by atoms with E-state index in [4.69, 9.17) is 9.73 Å². The monoisotopic (exact) mass is 336 g/mol. The van der Waals surface area contributed by atoms with Gasteiger partial charge in [0.15, 0.2) is 5.96 Å². The first kappa shape index (κ1) is 18.7. The maximum absolute atomic E-state index is 5.68. The van der Waals surface area contributed by atoms with Crippen LogP contribution >= 0.6 is 0 Å². The lowest BCUT2D eigenvalue weighted by Crippen LogP contribution is -2.41. The molecule has 0 radical (unpaired) electrons. The Morgan fingerprint density at radius 2 is 2.38 bits per heavy atom. The molecule has 0 amide bonds. The van der Waals surface area contributed by atoms with Crippen molar-refractivity contribution >= 4 is 5.96 Å². The van der Waals surface area contributed by atoms with E-state index in [0.29, 0.717) is 0 Å². The number of aromatic nitrogens is 3. The molecule has 1 unspecified atom stereocenters. The number of guanidine groups is 1. The van der Waals surface area contributed by atoms with Crippen LogP contribution in [0.25, 0.3) is 0 Å². The number of nitrogens with one attached hydrogen (secondary N) is 1. The largest absolute Gasteiger partial charge is 0.376 e. The highest BCUT2D eigenvalue weighted by Gasteiger charge is 2.15. The van der Waals surface area contributed by atoms with E-state index < -0.39 is 0 Å². The summed E-state index contributed by atoms with van der Waals surface area (Å²) < 4.78 is 7.78. The van der Waals surface area contributed by atoms with Crippen LogP contribution in [0.3, 0.4) is 0 Å². The lowest BCUT2D eigenvalue weighted by Gasteiger charge is -2.23. The molecule has 1 N–H and O–H groups in total. The topological polar surface area (TPSA) is 67.6 Å². The van der Waals surface area contributed by atoms with Crippen LogP contribution in [0.5, 0.6) is 0 Å². The van der Waals surface area contributed by atoms with E-state index in [2.05, 4.69) is 45.9 Å². The third-order valence-electron chi connectivity index (χ3n) is 4.33. The minimum absolute atomic E-state index is 0.283. The van der Waals surface area contributed by atoms with Crippen LogP contribution < -0.4 is 5.32 Å². The molecule has 0 bridgehead atoms. The summed E-state index contributed by atoms with van der Waals surface area (Å²) in [5.74, 6) is 1.99. The third-order valence-corrected chi connectivity index (χ3v) is 4.33. The molecule has 1 aromatic heterocycles. The van der Waals surface area contributed by atoms with Gasteiger partial charge in [-0.3, -0.25) is 4.99 Å². The molecule has 7 nitrogen and oxygen atoms in total. The van der Waals surface area contributed by atoms with Crippen LogP contribution in [0.15, 0.2) is 11.3 Å². The maximum Gasteiger partial charge on any atom is 0.193 e. The van der Waals surface area contributed by atoms with E-state index in [1.54, 1.807) is 6.33 Å². The number of aryl methyl sites for hydroxylation is 1. The zero-order chi connectivity index (χ0) is 17.2. The van der Waals surface area contributed by atoms with Crippen LogP contribution in [-0.2, 0) is 17.7 Å². The van der Waals surface area contributed by atoms with Gasteiger partial charge in [0.1, 0.15) is 12.2 Å². The van der Waals surface area contributed by atoms with Crippen molar-refractivity contribution in [2.45, 2.75) is 58.6 Å². The number of aliphatic imine (C=N–C) groups is 1. The van der Waals surface area contributed by atoms with Gasteiger partial charge < -0.3 is 19.5 Å². The molecule has 1 atom stereocenters. The number of nitrogens with zero attached hydrogens (tertiary/aromatic N) is 5. The first-order chi connectivity index (χ1) is 11.7. The molecule has 2 heterocycles. The molecule has 1 aliphatic heterocycles. The number of unbranched alkanes of at least 4 members (excludes halogenated alkanes) is 1. The third kappa shape index (κ3) is 5.78. The van der Waals surface area contributed by atoms with Crippen molar-refractivity contribution in [2.75, 3.05) is 33.3 Å². The standard InChI is InChI=1S/C17H32N6O/c1-4-6-10-22(3)17(19-13-15-8-7-12-24-15)18-9-11-23-14-20-21-16(23)5-2/h14-15H,4-13H2,1-3H3,(H,18,19). The number of ether oxygens (including phenoxy) is 1. The van der Waals surface area contributed by atoms with Gasteiger partial charge >= 0.3 is 0 Å². The van der Waals surface area contributed by atoms with Crippen molar-refractivity contribution in [1.29, 1.82) is 0 Å². The molecule has 1 fully saturated rings. The second kappa shape index (κ2) is 10.3. The minimum Gasteiger partial charge on any atom is -0.376 e. The zero-order valence-electron chi connectivity index (χ0n) is 15.4. The predicted molar refractivity (Wildman–Crippen MR) is 96.2 cm³/mol. The zero-order valence-corrected chi connectivity index (χ0v) is 15.4. The minimum atomic E-state index is 0.283. The second-order valence-electron chi connectivity index (χ2n) is 6.30. The molecule has 7 heteroatoms. The first-order valence-electron chi connectivity index (χ1n) is 9.22. The summed E-state index contributed by atoms with van der Waals surface area (Å²) in [4.78, 5) is 7.00. The van der Waals surface area contributed by atoms with Crippen LogP contribution in [-0.4, -0.2) is 65.0 Å². The fourth-order valence-corrected chi connectivity index (χ4v) is 2.82. The maximum atomic E-state index is 5.68. The molecule has 0 saturated carbocycles. The Morgan fingerprint density at radius 1 is 1.50 bits per heavy atom. The lowest BCUT2D eigenvalue weighted by molar-refractivity contribution is 0.117. The van der Waals surface area contributed by atoms with Crippen molar-refractivity contribution in [2.24, 2.45) is 4.99 Å². The lowest BCUT2D eigenvalue weighted by atomic mass is 10.2. The number of hydrogen-bond donors (Lipinski definition) is 1. The van der Waals surface area contributed by atoms with Gasteiger partial charge in [-0.2, -0.15) is 0 Å². The molecule has 24 heavy (non-hydrogen) atoms. The van der Waals surface area contributed by atoms with Gasteiger partial charge in [0.2, 0.25) is 0 Å². The summed E-state index contributed by atoms with van der Waals surface area (Å²) in [6.07, 6.45) is 7.61. The van der Waals surface area contributed by atoms with Crippen molar-refractivity contribution < 1.29 is 4.74 Å². The molecule has 1 aliphatic rings. The van der Waals surface area contributed by atoms with Gasteiger partial charge in [0, 0.05) is 39.7 Å². The summed E-state index contributed by atoms with van der Waals surface area (Å²) >= 11 is 0. The Morgan fingerprint density at radius 3 is 3.08 bits per heavy atom. The molecule has 1 saturated heterocycles. The summed E-state index contributed by atoms with van der Waals surface area (Å²) in [5.41, 5.74) is 0. The summed E-state index contributed by atoms with van der Waals surface area (Å²) in [6, 6.07) is 0. The fourth-order valence-electron chi connectivity index (χ4n) is 2.82. The van der Waals surface area contributed by atoms with Gasteiger partial charge in [0.25, 0.3) is 0 Å². The van der Waals surface area contributed by atoms with Gasteiger partial charge in [-0.1, -0.05) is 20.3 Å². The van der Waals surface area contributed by atoms with Gasteiger partial charge in [-0.15, -0.1) is 10.2 Å². The molecule has 0 aliphatic carbocycles. The second-order valence-corrected chi connectivity index (χ2v) is 6.30. The summed E-state index contributed by atoms with van der Waals surface area (Å²) in [6.45, 7) is 8.60. The average Bonchev–Trinajstić information content (AvgIpc) is 3.26. The first-order valence-corrected chi connectivity index (χ1v) is 9.22. The fraction of sp³-hybridized carbons (Fsp3) is 0.824. The van der Waals surface area contributed by atoms with Crippen LogP contribution in [0.4, 0.5) is 0 Å². The van der Waals surface area contributed by atoms with Crippen LogP contribution in [0.2, 0.25) is 0 Å². The molecular weight excluding hydrogens is 304 g/mol. The van der Waals surface area contributed by atoms with E-state index in [1.807, 2.05) is 0 Å². The van der Waals surface area contributed by atoms with Gasteiger partial charge in [-0.05, 0) is 19.3 Å². The van der Waals surface area contributed by atoms with Crippen molar-refractivity contribution in [3.05, 3.63) is 12.2 Å².